The van der Waals surface area contributed by atoms with Crippen LogP contribution in [0, 0.1) is 6.92 Å². The van der Waals surface area contributed by atoms with E-state index in [0.29, 0.717) is 0 Å². The van der Waals surface area contributed by atoms with Crippen molar-refractivity contribution in [2.24, 2.45) is 0 Å². The Labute approximate surface area is 124 Å². The van der Waals surface area contributed by atoms with Gasteiger partial charge < -0.3 is 10.2 Å². The van der Waals surface area contributed by atoms with E-state index >= 15 is 0 Å². The summed E-state index contributed by atoms with van der Waals surface area (Å²) in [5, 5.41) is 3.38. The van der Waals surface area contributed by atoms with E-state index in [-0.39, 0.29) is 0 Å². The number of hydrogen-bond acceptors (Lipinski definition) is 5. The molecule has 2 heterocycles. The van der Waals surface area contributed by atoms with E-state index < -0.39 is 0 Å². The van der Waals surface area contributed by atoms with Gasteiger partial charge >= 0.3 is 0 Å². The van der Waals surface area contributed by atoms with Gasteiger partial charge in [0.15, 0.2) is 0 Å². The molecule has 2 aromatic rings. The van der Waals surface area contributed by atoms with Crippen molar-refractivity contribution in [2.75, 3.05) is 18.5 Å². The number of aryl methyl sites for hydroxylation is 1. The molecule has 1 N–H and O–H groups in total. The molecule has 20 heavy (non-hydrogen) atoms. The van der Waals surface area contributed by atoms with Gasteiger partial charge in [0.1, 0.15) is 5.82 Å². The van der Waals surface area contributed by atoms with E-state index in [0.717, 1.165) is 43.3 Å². The molecule has 4 nitrogen and oxygen atoms in total. The number of hydrogen-bond donors (Lipinski definition) is 1. The van der Waals surface area contributed by atoms with Crippen molar-refractivity contribution in [2.45, 2.75) is 33.4 Å². The van der Waals surface area contributed by atoms with Gasteiger partial charge in [-0.2, -0.15) is 0 Å². The van der Waals surface area contributed by atoms with Crippen molar-refractivity contribution in [3.8, 4) is 0 Å². The molecule has 0 unspecified atom stereocenters. The molecule has 108 valence electrons. The summed E-state index contributed by atoms with van der Waals surface area (Å²) in [5.41, 5.74) is 4.10. The lowest BCUT2D eigenvalue weighted by molar-refractivity contribution is 0.663. The summed E-state index contributed by atoms with van der Waals surface area (Å²) in [6, 6.07) is 6.19. The molecule has 5 heteroatoms. The second kappa shape index (κ2) is 7.36. The maximum absolute atomic E-state index is 4.70. The van der Waals surface area contributed by atoms with Crippen LogP contribution in [0.3, 0.4) is 0 Å². The van der Waals surface area contributed by atoms with Crippen molar-refractivity contribution in [1.29, 1.82) is 0 Å². The summed E-state index contributed by atoms with van der Waals surface area (Å²) in [4.78, 5) is 12.5. The van der Waals surface area contributed by atoms with E-state index in [9.17, 15) is 0 Å². The highest BCUT2D eigenvalue weighted by atomic mass is 32.1. The van der Waals surface area contributed by atoms with E-state index in [1.807, 2.05) is 5.51 Å². The van der Waals surface area contributed by atoms with Gasteiger partial charge in [0.2, 0.25) is 0 Å². The minimum absolute atomic E-state index is 0.828. The van der Waals surface area contributed by atoms with Crippen LogP contribution >= 0.6 is 11.3 Å². The molecule has 0 saturated heterocycles. The topological polar surface area (TPSA) is 41.0 Å². The number of nitrogens with one attached hydrogen (secondary N) is 1. The van der Waals surface area contributed by atoms with Crippen LogP contribution in [0.15, 0.2) is 23.7 Å². The Morgan fingerprint density at radius 1 is 1.35 bits per heavy atom. The first-order valence-electron chi connectivity index (χ1n) is 6.97. The highest BCUT2D eigenvalue weighted by Crippen LogP contribution is 2.18. The van der Waals surface area contributed by atoms with Gasteiger partial charge in [-0.25, -0.2) is 9.97 Å². The molecule has 2 aromatic heterocycles. The number of thiazole rings is 1. The molecule has 0 radical (unpaired) electrons. The van der Waals surface area contributed by atoms with Crippen LogP contribution in [-0.4, -0.2) is 23.6 Å². The summed E-state index contributed by atoms with van der Waals surface area (Å²) in [5.74, 6) is 1.01. The Morgan fingerprint density at radius 2 is 2.20 bits per heavy atom. The molecular formula is C15H22N4S. The zero-order valence-corrected chi connectivity index (χ0v) is 13.2. The molecule has 0 aliphatic rings. The smallest absolute Gasteiger partial charge is 0.128 e. The minimum Gasteiger partial charge on any atom is -0.354 e. The molecule has 0 bridgehead atoms. The number of rotatable bonds is 7. The first-order chi connectivity index (χ1) is 9.70. The average Bonchev–Trinajstić information content (AvgIpc) is 2.85. The maximum Gasteiger partial charge on any atom is 0.128 e. The van der Waals surface area contributed by atoms with E-state index in [1.165, 1.54) is 4.88 Å². The first-order valence-corrected chi connectivity index (χ1v) is 7.85. The van der Waals surface area contributed by atoms with Crippen molar-refractivity contribution >= 4 is 17.2 Å². The molecule has 2 rings (SSSR count). The molecule has 0 amide bonds. The summed E-state index contributed by atoms with van der Waals surface area (Å²) < 4.78 is 0. The SMILES string of the molecule is CCCNCc1cccc(N(C)Cc2scnc2C)n1. The zero-order chi connectivity index (χ0) is 14.4. The largest absolute Gasteiger partial charge is 0.354 e. The van der Waals surface area contributed by atoms with Gasteiger partial charge in [-0.1, -0.05) is 13.0 Å². The average molecular weight is 290 g/mol. The lowest BCUT2D eigenvalue weighted by Crippen LogP contribution is -2.19. The van der Waals surface area contributed by atoms with Crippen molar-refractivity contribution < 1.29 is 0 Å². The standard InChI is InChI=1S/C15H22N4S/c1-4-8-16-9-13-6-5-7-15(18-13)19(3)10-14-12(2)17-11-20-14/h5-7,11,16H,4,8-10H2,1-3H3. The minimum atomic E-state index is 0.828. The summed E-state index contributed by atoms with van der Waals surface area (Å²) in [7, 11) is 2.07. The second-order valence-electron chi connectivity index (χ2n) is 4.88. The molecule has 0 aliphatic carbocycles. The Balaban J connectivity index is 2.00. The molecule has 0 aliphatic heterocycles. The van der Waals surface area contributed by atoms with Crippen LogP contribution in [0.25, 0.3) is 0 Å². The predicted molar refractivity (Wildman–Crippen MR) is 85.2 cm³/mol. The van der Waals surface area contributed by atoms with E-state index in [4.69, 9.17) is 4.98 Å². The van der Waals surface area contributed by atoms with Gasteiger partial charge in [0.25, 0.3) is 0 Å². The molecular weight excluding hydrogens is 268 g/mol. The van der Waals surface area contributed by atoms with Crippen LogP contribution < -0.4 is 10.2 Å². The summed E-state index contributed by atoms with van der Waals surface area (Å²) in [6.45, 7) is 6.94. The van der Waals surface area contributed by atoms with Gasteiger partial charge in [-0.05, 0) is 32.0 Å². The Bertz CT molecular complexity index is 538. The molecule has 0 aromatic carbocycles. The fourth-order valence-electron chi connectivity index (χ4n) is 1.95. The number of aromatic nitrogens is 2. The van der Waals surface area contributed by atoms with E-state index in [1.54, 1.807) is 11.3 Å². The third kappa shape index (κ3) is 4.02. The Hall–Kier alpha value is -1.46. The second-order valence-corrected chi connectivity index (χ2v) is 5.82. The van der Waals surface area contributed by atoms with Crippen LogP contribution in [0.5, 0.6) is 0 Å². The normalized spacial score (nSPS) is 10.8. The highest BCUT2D eigenvalue weighted by Gasteiger charge is 2.08. The van der Waals surface area contributed by atoms with Crippen LogP contribution in [0.4, 0.5) is 5.82 Å². The van der Waals surface area contributed by atoms with Crippen molar-refractivity contribution in [3.63, 3.8) is 0 Å². The molecule has 0 fully saturated rings. The lowest BCUT2D eigenvalue weighted by atomic mass is 10.3. The van der Waals surface area contributed by atoms with Gasteiger partial charge in [0.05, 0.1) is 23.4 Å². The Morgan fingerprint density at radius 3 is 2.90 bits per heavy atom. The third-order valence-electron chi connectivity index (χ3n) is 3.14. The zero-order valence-electron chi connectivity index (χ0n) is 12.4. The highest BCUT2D eigenvalue weighted by molar-refractivity contribution is 7.09. The summed E-state index contributed by atoms with van der Waals surface area (Å²) in [6.07, 6.45) is 1.14. The summed E-state index contributed by atoms with van der Waals surface area (Å²) >= 11 is 1.70. The van der Waals surface area contributed by atoms with Crippen LogP contribution in [0.2, 0.25) is 0 Å². The Kier molecular flexibility index (Phi) is 5.49. The monoisotopic (exact) mass is 290 g/mol. The fraction of sp³-hybridized carbons (Fsp3) is 0.467. The van der Waals surface area contributed by atoms with Crippen molar-refractivity contribution in [3.05, 3.63) is 40.0 Å². The first kappa shape index (κ1) is 14.9. The third-order valence-corrected chi connectivity index (χ3v) is 4.06. The van der Waals surface area contributed by atoms with Gasteiger partial charge in [-0.3, -0.25) is 0 Å². The lowest BCUT2D eigenvalue weighted by Gasteiger charge is -2.18. The van der Waals surface area contributed by atoms with Crippen LogP contribution in [0.1, 0.15) is 29.6 Å². The van der Waals surface area contributed by atoms with Gasteiger partial charge in [-0.15, -0.1) is 11.3 Å². The maximum atomic E-state index is 4.70. The van der Waals surface area contributed by atoms with Crippen molar-refractivity contribution in [1.82, 2.24) is 15.3 Å². The number of pyridine rings is 1. The number of anilines is 1. The predicted octanol–water partition coefficient (Wildman–Crippen LogP) is 2.98. The fourth-order valence-corrected chi connectivity index (χ4v) is 2.78. The number of nitrogens with zero attached hydrogens (tertiary/aromatic N) is 3. The quantitative estimate of drug-likeness (QED) is 0.796. The van der Waals surface area contributed by atoms with Crippen LogP contribution in [-0.2, 0) is 13.1 Å². The molecule has 0 spiro atoms. The van der Waals surface area contributed by atoms with Gasteiger partial charge in [0, 0.05) is 18.5 Å². The molecule has 0 atom stereocenters. The molecule has 0 saturated carbocycles. The van der Waals surface area contributed by atoms with E-state index in [2.05, 4.69) is 54.3 Å².